The van der Waals surface area contributed by atoms with E-state index in [1.165, 1.54) is 5.56 Å². The Kier molecular flexibility index (Phi) is 3.59. The molecule has 1 saturated heterocycles. The third-order valence-corrected chi connectivity index (χ3v) is 5.00. The summed E-state index contributed by atoms with van der Waals surface area (Å²) in [6.45, 7) is 5.44. The van der Waals surface area contributed by atoms with Crippen molar-refractivity contribution in [2.75, 3.05) is 19.6 Å². The van der Waals surface area contributed by atoms with Crippen LogP contribution in [0.3, 0.4) is 0 Å². The van der Waals surface area contributed by atoms with Gasteiger partial charge in [-0.2, -0.15) is 0 Å². The molecular weight excluding hydrogens is 236 g/mol. The highest BCUT2D eigenvalue weighted by Crippen LogP contribution is 2.43. The molecule has 0 amide bonds. The number of pyridine rings is 1. The number of fused-ring (bicyclic) bond motifs is 1. The highest BCUT2D eigenvalue weighted by atomic mass is 16.3. The molecule has 0 radical (unpaired) electrons. The van der Waals surface area contributed by atoms with Crippen LogP contribution >= 0.6 is 0 Å². The second kappa shape index (κ2) is 5.22. The van der Waals surface area contributed by atoms with Crippen LogP contribution in [0, 0.1) is 0 Å². The van der Waals surface area contributed by atoms with Crippen LogP contribution < -0.4 is 0 Å². The first-order valence-electron chi connectivity index (χ1n) is 7.61. The largest absolute Gasteiger partial charge is 0.389 e. The average Bonchev–Trinajstić information content (AvgIpc) is 2.78. The van der Waals surface area contributed by atoms with Gasteiger partial charge in [0.25, 0.3) is 0 Å². The van der Waals surface area contributed by atoms with Crippen LogP contribution in [-0.2, 0) is 6.42 Å². The van der Waals surface area contributed by atoms with Gasteiger partial charge in [-0.15, -0.1) is 0 Å². The van der Waals surface area contributed by atoms with Crippen LogP contribution in [0.1, 0.15) is 49.8 Å². The van der Waals surface area contributed by atoms with Crippen molar-refractivity contribution < 1.29 is 5.11 Å². The van der Waals surface area contributed by atoms with Gasteiger partial charge in [0, 0.05) is 24.4 Å². The number of rotatable bonds is 2. The van der Waals surface area contributed by atoms with E-state index in [4.69, 9.17) is 0 Å². The van der Waals surface area contributed by atoms with Crippen molar-refractivity contribution in [1.82, 2.24) is 9.88 Å². The van der Waals surface area contributed by atoms with E-state index < -0.39 is 5.60 Å². The Hall–Kier alpha value is -0.930. The molecule has 104 valence electrons. The van der Waals surface area contributed by atoms with Crippen molar-refractivity contribution in [2.45, 2.75) is 50.5 Å². The molecule has 1 aromatic rings. The Morgan fingerprint density at radius 2 is 2.32 bits per heavy atom. The molecule has 2 aliphatic rings. The van der Waals surface area contributed by atoms with Crippen molar-refractivity contribution in [3.05, 3.63) is 29.6 Å². The molecule has 0 saturated carbocycles. The number of aliphatic hydroxyl groups is 1. The van der Waals surface area contributed by atoms with Crippen molar-refractivity contribution in [3.63, 3.8) is 0 Å². The van der Waals surface area contributed by atoms with Gasteiger partial charge in [0.2, 0.25) is 0 Å². The molecule has 2 heterocycles. The fraction of sp³-hybridized carbons (Fsp3) is 0.688. The van der Waals surface area contributed by atoms with E-state index in [0.29, 0.717) is 0 Å². The zero-order valence-corrected chi connectivity index (χ0v) is 11.8. The summed E-state index contributed by atoms with van der Waals surface area (Å²) in [6.07, 6.45) is 6.92. The van der Waals surface area contributed by atoms with E-state index in [-0.39, 0.29) is 5.92 Å². The third-order valence-electron chi connectivity index (χ3n) is 5.00. The first-order chi connectivity index (χ1) is 9.23. The van der Waals surface area contributed by atoms with E-state index in [9.17, 15) is 5.11 Å². The minimum Gasteiger partial charge on any atom is -0.389 e. The maximum Gasteiger partial charge on any atom is 0.0744 e. The molecule has 1 aliphatic heterocycles. The molecule has 0 bridgehead atoms. The zero-order chi connectivity index (χ0) is 13.3. The van der Waals surface area contributed by atoms with E-state index in [1.54, 1.807) is 0 Å². The van der Waals surface area contributed by atoms with Gasteiger partial charge < -0.3 is 10.0 Å². The second-order valence-electron chi connectivity index (χ2n) is 6.03. The first-order valence-corrected chi connectivity index (χ1v) is 7.61. The normalized spacial score (nSPS) is 32.0. The lowest BCUT2D eigenvalue weighted by atomic mass is 9.80. The van der Waals surface area contributed by atoms with Crippen molar-refractivity contribution in [3.8, 4) is 0 Å². The molecule has 0 spiro atoms. The van der Waals surface area contributed by atoms with Crippen LogP contribution in [0.5, 0.6) is 0 Å². The molecule has 2 unspecified atom stereocenters. The Balaban J connectivity index is 1.82. The molecular formula is C16H24N2O. The van der Waals surface area contributed by atoms with Gasteiger partial charge in [-0.25, -0.2) is 0 Å². The van der Waals surface area contributed by atoms with E-state index in [1.807, 2.05) is 12.3 Å². The van der Waals surface area contributed by atoms with Gasteiger partial charge in [0.15, 0.2) is 0 Å². The summed E-state index contributed by atoms with van der Waals surface area (Å²) in [4.78, 5) is 7.01. The first kappa shape index (κ1) is 13.1. The number of aryl methyl sites for hydroxylation is 1. The quantitative estimate of drug-likeness (QED) is 0.886. The smallest absolute Gasteiger partial charge is 0.0744 e. The van der Waals surface area contributed by atoms with Gasteiger partial charge in [0.05, 0.1) is 5.60 Å². The summed E-state index contributed by atoms with van der Waals surface area (Å²) < 4.78 is 0. The molecule has 2 atom stereocenters. The fourth-order valence-electron chi connectivity index (χ4n) is 3.80. The van der Waals surface area contributed by atoms with Crippen LogP contribution in [0.2, 0.25) is 0 Å². The number of aromatic nitrogens is 1. The highest BCUT2D eigenvalue weighted by molar-refractivity contribution is 5.31. The maximum atomic E-state index is 11.1. The van der Waals surface area contributed by atoms with E-state index in [2.05, 4.69) is 22.9 Å². The number of hydrogen-bond donors (Lipinski definition) is 1. The van der Waals surface area contributed by atoms with Crippen LogP contribution in [-0.4, -0.2) is 40.2 Å². The van der Waals surface area contributed by atoms with Crippen LogP contribution in [0.25, 0.3) is 0 Å². The van der Waals surface area contributed by atoms with E-state index >= 15 is 0 Å². The molecule has 19 heavy (non-hydrogen) atoms. The summed E-state index contributed by atoms with van der Waals surface area (Å²) in [7, 11) is 0. The van der Waals surface area contributed by atoms with Gasteiger partial charge in [0.1, 0.15) is 0 Å². The number of nitrogens with zero attached hydrogens (tertiary/aromatic N) is 2. The number of hydrogen-bond acceptors (Lipinski definition) is 3. The predicted octanol–water partition coefficient (Wildman–Crippen LogP) is 2.35. The van der Waals surface area contributed by atoms with Gasteiger partial charge in [-0.1, -0.05) is 13.0 Å². The van der Waals surface area contributed by atoms with Crippen LogP contribution in [0.4, 0.5) is 0 Å². The Bertz CT molecular complexity index is 448. The molecule has 3 heteroatoms. The highest BCUT2D eigenvalue weighted by Gasteiger charge is 2.42. The van der Waals surface area contributed by atoms with Crippen molar-refractivity contribution in [1.29, 1.82) is 0 Å². The predicted molar refractivity (Wildman–Crippen MR) is 76.2 cm³/mol. The van der Waals surface area contributed by atoms with Crippen LogP contribution in [0.15, 0.2) is 18.3 Å². The Morgan fingerprint density at radius 1 is 1.42 bits per heavy atom. The monoisotopic (exact) mass is 260 g/mol. The Labute approximate surface area is 115 Å². The lowest BCUT2D eigenvalue weighted by Gasteiger charge is -2.33. The summed E-state index contributed by atoms with van der Waals surface area (Å²) >= 11 is 0. The van der Waals surface area contributed by atoms with E-state index in [0.717, 1.165) is 57.4 Å². The fourth-order valence-corrected chi connectivity index (χ4v) is 3.80. The second-order valence-corrected chi connectivity index (χ2v) is 6.03. The molecule has 3 rings (SSSR count). The minimum absolute atomic E-state index is 0.250. The van der Waals surface area contributed by atoms with Gasteiger partial charge in [-0.3, -0.25) is 4.98 Å². The lowest BCUT2D eigenvalue weighted by molar-refractivity contribution is -0.00272. The lowest BCUT2D eigenvalue weighted by Crippen LogP contribution is -2.37. The molecule has 3 nitrogen and oxygen atoms in total. The summed E-state index contributed by atoms with van der Waals surface area (Å²) in [5.74, 6) is 0.250. The topological polar surface area (TPSA) is 36.4 Å². The number of likely N-dealkylation sites (tertiary alicyclic amines) is 1. The third kappa shape index (κ3) is 2.41. The molecule has 0 aromatic carbocycles. The zero-order valence-electron chi connectivity index (χ0n) is 11.8. The molecule has 1 aliphatic carbocycles. The summed E-state index contributed by atoms with van der Waals surface area (Å²) in [6, 6.07) is 4.18. The van der Waals surface area contributed by atoms with Crippen molar-refractivity contribution >= 4 is 0 Å². The average molecular weight is 260 g/mol. The SMILES string of the molecule is CCN1CCCC(O)(C2CCc3cccnc32)CC1. The van der Waals surface area contributed by atoms with Crippen molar-refractivity contribution in [2.24, 2.45) is 0 Å². The summed E-state index contributed by atoms with van der Waals surface area (Å²) in [5.41, 5.74) is 1.97. The van der Waals surface area contributed by atoms with Gasteiger partial charge in [-0.05, 0) is 56.8 Å². The van der Waals surface area contributed by atoms with Gasteiger partial charge >= 0.3 is 0 Å². The molecule has 1 aromatic heterocycles. The minimum atomic E-state index is -0.538. The maximum absolute atomic E-state index is 11.1. The molecule has 1 fully saturated rings. The summed E-state index contributed by atoms with van der Waals surface area (Å²) in [5, 5.41) is 11.1. The Morgan fingerprint density at radius 3 is 3.16 bits per heavy atom. The standard InChI is InChI=1S/C16H24N2O/c1-2-18-11-4-8-16(19,9-12-18)14-7-6-13-5-3-10-17-15(13)14/h3,5,10,14,19H,2,4,6-9,11-12H2,1H3. The molecule has 1 N–H and O–H groups in total.